The smallest absolute Gasteiger partial charge is 0.270 e. The molecule has 4 bridgehead atoms. The van der Waals surface area contributed by atoms with Gasteiger partial charge in [0.05, 0.1) is 11.6 Å². The van der Waals surface area contributed by atoms with E-state index in [9.17, 15) is 14.0 Å². The molecule has 5 fully saturated rings. The van der Waals surface area contributed by atoms with Gasteiger partial charge in [-0.15, -0.1) is 0 Å². The van der Waals surface area contributed by atoms with Crippen molar-refractivity contribution in [3.63, 3.8) is 0 Å². The van der Waals surface area contributed by atoms with Crippen LogP contribution in [-0.2, 0) is 4.79 Å². The molecule has 1 aromatic rings. The summed E-state index contributed by atoms with van der Waals surface area (Å²) in [6.45, 7) is 3.53. The summed E-state index contributed by atoms with van der Waals surface area (Å²) in [7, 11) is 0. The van der Waals surface area contributed by atoms with Gasteiger partial charge in [-0.25, -0.2) is 14.4 Å². The molecule has 1 heterocycles. The number of nitrogens with zero attached hydrogens (tertiary/aromatic N) is 2. The number of hydrazine groups is 1. The van der Waals surface area contributed by atoms with Gasteiger partial charge in [-0.05, 0) is 81.8 Å². The number of halogens is 1. The Hall–Kier alpha value is -1.91. The monoisotopic (exact) mass is 356 g/mol. The van der Waals surface area contributed by atoms with Gasteiger partial charge in [0.2, 0.25) is 0 Å². The fourth-order valence-corrected chi connectivity index (χ4v) is 6.35. The van der Waals surface area contributed by atoms with Crippen molar-refractivity contribution in [1.82, 2.24) is 10.0 Å². The highest BCUT2D eigenvalue weighted by Gasteiger charge is 2.62. The third-order valence-electron chi connectivity index (χ3n) is 7.23. The van der Waals surface area contributed by atoms with Gasteiger partial charge < -0.3 is 0 Å². The molecule has 0 atom stereocenters. The molecule has 2 amide bonds. The molecule has 6 rings (SSSR count). The summed E-state index contributed by atoms with van der Waals surface area (Å²) in [5, 5.41) is 3.25. The van der Waals surface area contributed by atoms with Crippen molar-refractivity contribution in [1.29, 1.82) is 0 Å². The Morgan fingerprint density at radius 2 is 1.62 bits per heavy atom. The molecule has 138 valence electrons. The lowest BCUT2D eigenvalue weighted by atomic mass is 9.53. The van der Waals surface area contributed by atoms with Gasteiger partial charge in [0.25, 0.3) is 11.8 Å². The number of carbonyl (C=O) groups is 2. The van der Waals surface area contributed by atoms with Crippen LogP contribution >= 0.6 is 0 Å². The lowest BCUT2D eigenvalue weighted by Gasteiger charge is -2.65. The average Bonchev–Trinajstić information content (AvgIpc) is 2.59. The lowest BCUT2D eigenvalue weighted by molar-refractivity contribution is -0.230. The van der Waals surface area contributed by atoms with E-state index in [0.29, 0.717) is 11.8 Å². The van der Waals surface area contributed by atoms with Crippen LogP contribution in [0.15, 0.2) is 24.3 Å². The molecular formula is C21H25FN2O2. The Morgan fingerprint density at radius 3 is 2.19 bits per heavy atom. The molecule has 4 saturated carbocycles. The van der Waals surface area contributed by atoms with Crippen molar-refractivity contribution in [2.45, 2.75) is 57.5 Å². The first-order valence-corrected chi connectivity index (χ1v) is 9.80. The Kier molecular flexibility index (Phi) is 3.32. The van der Waals surface area contributed by atoms with Crippen LogP contribution in [-0.4, -0.2) is 33.4 Å². The third-order valence-corrected chi connectivity index (χ3v) is 7.23. The fourth-order valence-electron chi connectivity index (χ4n) is 6.35. The topological polar surface area (TPSA) is 40.6 Å². The van der Waals surface area contributed by atoms with Gasteiger partial charge in [-0.3, -0.25) is 9.59 Å². The SMILES string of the molecule is CC1(C)C(=O)N(C2C3CC4CC(C3)CC2C4)N1C(=O)c1ccccc1F. The predicted molar refractivity (Wildman–Crippen MR) is 94.3 cm³/mol. The average molecular weight is 356 g/mol. The Labute approximate surface area is 153 Å². The molecule has 1 aromatic carbocycles. The number of hydrogen-bond donors (Lipinski definition) is 0. The van der Waals surface area contributed by atoms with Crippen molar-refractivity contribution in [3.05, 3.63) is 35.6 Å². The molecule has 5 heteroatoms. The Morgan fingerprint density at radius 1 is 1.04 bits per heavy atom. The van der Waals surface area contributed by atoms with Crippen LogP contribution in [0, 0.1) is 29.5 Å². The zero-order valence-electron chi connectivity index (χ0n) is 15.3. The Balaban J connectivity index is 1.49. The van der Waals surface area contributed by atoms with E-state index in [4.69, 9.17) is 0 Å². The van der Waals surface area contributed by atoms with Gasteiger partial charge >= 0.3 is 0 Å². The van der Waals surface area contributed by atoms with Crippen molar-refractivity contribution in [2.24, 2.45) is 23.7 Å². The summed E-state index contributed by atoms with van der Waals surface area (Å²) in [4.78, 5) is 26.1. The highest BCUT2D eigenvalue weighted by molar-refractivity contribution is 6.04. The van der Waals surface area contributed by atoms with E-state index < -0.39 is 17.3 Å². The number of carbonyl (C=O) groups excluding carboxylic acids is 2. The summed E-state index contributed by atoms with van der Waals surface area (Å²) >= 11 is 0. The van der Waals surface area contributed by atoms with Crippen LogP contribution in [0.1, 0.15) is 56.3 Å². The predicted octanol–water partition coefficient (Wildman–Crippen LogP) is 3.63. The fraction of sp³-hybridized carbons (Fsp3) is 0.619. The van der Waals surface area contributed by atoms with Crippen LogP contribution in [0.3, 0.4) is 0 Å². The molecule has 0 N–H and O–H groups in total. The molecule has 0 unspecified atom stereocenters. The minimum atomic E-state index is -0.909. The molecule has 5 aliphatic rings. The van der Waals surface area contributed by atoms with E-state index in [0.717, 1.165) is 11.8 Å². The van der Waals surface area contributed by atoms with Gasteiger partial charge in [0.15, 0.2) is 0 Å². The largest absolute Gasteiger partial charge is 0.276 e. The quantitative estimate of drug-likeness (QED) is 0.812. The van der Waals surface area contributed by atoms with Crippen LogP contribution in [0.4, 0.5) is 4.39 Å². The van der Waals surface area contributed by atoms with E-state index >= 15 is 0 Å². The van der Waals surface area contributed by atoms with E-state index in [1.165, 1.54) is 44.2 Å². The maximum atomic E-state index is 14.2. The van der Waals surface area contributed by atoms with E-state index in [1.807, 2.05) is 0 Å². The number of rotatable bonds is 2. The molecule has 26 heavy (non-hydrogen) atoms. The minimum absolute atomic E-state index is 0.000312. The number of hydrogen-bond acceptors (Lipinski definition) is 2. The summed E-state index contributed by atoms with van der Waals surface area (Å²) < 4.78 is 14.2. The summed E-state index contributed by atoms with van der Waals surface area (Å²) in [6, 6.07) is 6.16. The molecule has 4 nitrogen and oxygen atoms in total. The Bertz CT molecular complexity index is 762. The lowest BCUT2D eigenvalue weighted by Crippen LogP contribution is -2.80. The highest BCUT2D eigenvalue weighted by Crippen LogP contribution is 2.57. The normalized spacial score (nSPS) is 37.0. The first-order chi connectivity index (χ1) is 12.4. The summed E-state index contributed by atoms with van der Waals surface area (Å²) in [6.07, 6.45) is 6.03. The van der Waals surface area contributed by atoms with Gasteiger partial charge in [-0.2, -0.15) is 0 Å². The van der Waals surface area contributed by atoms with E-state index in [1.54, 1.807) is 36.0 Å². The molecule has 0 spiro atoms. The van der Waals surface area contributed by atoms with Crippen molar-refractivity contribution < 1.29 is 14.0 Å². The third kappa shape index (κ3) is 2.06. The molecular weight excluding hydrogens is 331 g/mol. The minimum Gasteiger partial charge on any atom is -0.270 e. The van der Waals surface area contributed by atoms with Gasteiger partial charge in [0.1, 0.15) is 11.4 Å². The molecule has 0 aromatic heterocycles. The van der Waals surface area contributed by atoms with Crippen LogP contribution < -0.4 is 0 Å². The van der Waals surface area contributed by atoms with Crippen LogP contribution in [0.2, 0.25) is 0 Å². The number of benzene rings is 1. The van der Waals surface area contributed by atoms with Gasteiger partial charge in [-0.1, -0.05) is 12.1 Å². The maximum absolute atomic E-state index is 14.2. The molecule has 1 aliphatic heterocycles. The second-order valence-corrected chi connectivity index (χ2v) is 9.23. The molecule has 1 saturated heterocycles. The zero-order chi connectivity index (χ0) is 18.2. The van der Waals surface area contributed by atoms with E-state index in [2.05, 4.69) is 0 Å². The van der Waals surface area contributed by atoms with Crippen molar-refractivity contribution in [2.75, 3.05) is 0 Å². The maximum Gasteiger partial charge on any atom is 0.276 e. The summed E-state index contributed by atoms with van der Waals surface area (Å²) in [5.41, 5.74) is -0.865. The van der Waals surface area contributed by atoms with Gasteiger partial charge in [0, 0.05) is 0 Å². The molecule has 0 radical (unpaired) electrons. The second-order valence-electron chi connectivity index (χ2n) is 9.23. The van der Waals surface area contributed by atoms with Crippen molar-refractivity contribution >= 4 is 11.8 Å². The highest BCUT2D eigenvalue weighted by atomic mass is 19.1. The number of amides is 2. The second kappa shape index (κ2) is 5.30. The summed E-state index contributed by atoms with van der Waals surface area (Å²) in [5.74, 6) is 1.64. The first-order valence-electron chi connectivity index (χ1n) is 9.80. The standard InChI is InChI=1S/C21H25FN2O2/c1-21(2)20(26)23(24(21)19(25)16-5-3-4-6-17(16)22)18-14-8-12-7-13(10-14)11-15(18)9-12/h3-6,12-15,18H,7-11H2,1-2H3. The molecule has 4 aliphatic carbocycles. The first kappa shape index (κ1) is 16.3. The van der Waals surface area contributed by atoms with Crippen LogP contribution in [0.25, 0.3) is 0 Å². The van der Waals surface area contributed by atoms with E-state index in [-0.39, 0.29) is 17.5 Å². The van der Waals surface area contributed by atoms with Crippen LogP contribution in [0.5, 0.6) is 0 Å². The van der Waals surface area contributed by atoms with Crippen molar-refractivity contribution in [3.8, 4) is 0 Å². The zero-order valence-corrected chi connectivity index (χ0v) is 15.3.